The Labute approximate surface area is 198 Å². The van der Waals surface area contributed by atoms with Crippen molar-refractivity contribution in [1.82, 2.24) is 0 Å². The van der Waals surface area contributed by atoms with Gasteiger partial charge >= 0.3 is 5.97 Å². The molecule has 1 aromatic rings. The van der Waals surface area contributed by atoms with Gasteiger partial charge in [-0.05, 0) is 32.1 Å². The van der Waals surface area contributed by atoms with Crippen LogP contribution in [0.3, 0.4) is 0 Å². The number of ether oxygens (including phenoxy) is 1. The number of esters is 1. The number of quaternary nitrogens is 1. The van der Waals surface area contributed by atoms with Crippen molar-refractivity contribution < 1.29 is 14.0 Å². The summed E-state index contributed by atoms with van der Waals surface area (Å²) < 4.78 is 6.30. The fraction of sp³-hybridized carbons (Fsp3) is 0.690. The number of rotatable bonds is 20. The van der Waals surface area contributed by atoms with Gasteiger partial charge in [-0.15, -0.1) is 0 Å². The molecule has 1 aromatic carbocycles. The highest BCUT2D eigenvalue weighted by Crippen LogP contribution is 2.11. The van der Waals surface area contributed by atoms with E-state index in [2.05, 4.69) is 57.4 Å². The molecule has 0 radical (unpaired) electrons. The second kappa shape index (κ2) is 18.9. The van der Waals surface area contributed by atoms with E-state index in [1.807, 2.05) is 6.07 Å². The molecule has 0 aliphatic carbocycles. The van der Waals surface area contributed by atoms with Gasteiger partial charge in [-0.1, -0.05) is 101 Å². The van der Waals surface area contributed by atoms with Crippen LogP contribution in [0.15, 0.2) is 42.5 Å². The largest absolute Gasteiger partial charge is 0.460 e. The van der Waals surface area contributed by atoms with Crippen LogP contribution >= 0.6 is 0 Å². The molecule has 182 valence electrons. The second-order valence-corrected chi connectivity index (χ2v) is 9.86. The first kappa shape index (κ1) is 28.4. The fourth-order valence-corrected chi connectivity index (χ4v) is 3.98. The first-order chi connectivity index (χ1) is 15.5. The number of benzene rings is 1. The van der Waals surface area contributed by atoms with Gasteiger partial charge in [0.05, 0.1) is 14.1 Å². The Morgan fingerprint density at radius 2 is 1.38 bits per heavy atom. The minimum Gasteiger partial charge on any atom is -0.460 e. The maximum absolute atomic E-state index is 12.0. The third-order valence-electron chi connectivity index (χ3n) is 6.06. The summed E-state index contributed by atoms with van der Waals surface area (Å²) in [6.07, 6.45) is 21.9. The van der Waals surface area contributed by atoms with Gasteiger partial charge in [0, 0.05) is 12.0 Å². The number of carbonyl (C=O) groups is 1. The molecule has 0 N–H and O–H groups in total. The number of allylic oxidation sites excluding steroid dienone is 2. The summed E-state index contributed by atoms with van der Waals surface area (Å²) >= 11 is 0. The van der Waals surface area contributed by atoms with Gasteiger partial charge in [-0.2, -0.15) is 0 Å². The highest BCUT2D eigenvalue weighted by atomic mass is 16.5. The minimum atomic E-state index is -0.0395. The van der Waals surface area contributed by atoms with E-state index in [1.54, 1.807) is 0 Å². The summed E-state index contributed by atoms with van der Waals surface area (Å²) in [5.41, 5.74) is 1.32. The van der Waals surface area contributed by atoms with Gasteiger partial charge < -0.3 is 9.22 Å². The van der Waals surface area contributed by atoms with Crippen molar-refractivity contribution in [3.8, 4) is 0 Å². The van der Waals surface area contributed by atoms with Crippen LogP contribution in [0, 0.1) is 0 Å². The molecule has 0 bridgehead atoms. The van der Waals surface area contributed by atoms with Crippen LogP contribution in [-0.4, -0.2) is 37.7 Å². The van der Waals surface area contributed by atoms with E-state index in [1.165, 1.54) is 76.2 Å². The summed E-state index contributed by atoms with van der Waals surface area (Å²) in [5.74, 6) is -0.0395. The molecular formula is C29H50NO2+. The average molecular weight is 445 g/mol. The highest BCUT2D eigenvalue weighted by molar-refractivity contribution is 5.69. The molecule has 0 amide bonds. The first-order valence-corrected chi connectivity index (χ1v) is 13.2. The number of hydrogen-bond acceptors (Lipinski definition) is 2. The van der Waals surface area contributed by atoms with Gasteiger partial charge in [-0.25, -0.2) is 0 Å². The number of hydrogen-bond donors (Lipinski definition) is 0. The number of unbranched alkanes of at least 4 members (excludes halogenated alkanes) is 11. The van der Waals surface area contributed by atoms with Gasteiger partial charge in [0.1, 0.15) is 19.7 Å². The molecule has 32 heavy (non-hydrogen) atoms. The molecule has 3 nitrogen and oxygen atoms in total. The number of carbonyl (C=O) groups excluding carboxylic acids is 1. The van der Waals surface area contributed by atoms with E-state index in [-0.39, 0.29) is 5.97 Å². The zero-order chi connectivity index (χ0) is 23.3. The van der Waals surface area contributed by atoms with Crippen molar-refractivity contribution in [1.29, 1.82) is 0 Å². The zero-order valence-corrected chi connectivity index (χ0v) is 21.3. The topological polar surface area (TPSA) is 26.3 Å². The monoisotopic (exact) mass is 444 g/mol. The van der Waals surface area contributed by atoms with Crippen LogP contribution in [0.5, 0.6) is 0 Å². The fourth-order valence-electron chi connectivity index (χ4n) is 3.98. The Morgan fingerprint density at radius 1 is 0.812 bits per heavy atom. The third-order valence-corrected chi connectivity index (χ3v) is 6.06. The SMILES string of the molecule is CCCCCCCC/C=C\CCCCCCCC(=O)OCC[N+](C)(C)Cc1ccccc1. The molecule has 0 fully saturated rings. The molecular weight excluding hydrogens is 394 g/mol. The predicted octanol–water partition coefficient (Wildman–Crippen LogP) is 7.84. The standard InChI is InChI=1S/C29H50NO2/c1-4-5-6-7-8-9-10-11-12-13-14-15-16-17-21-24-29(31)32-26-25-30(2,3)27-28-22-19-18-20-23-28/h11-12,18-20,22-23H,4-10,13-17,21,24-27H2,1-3H3/q+1/b12-11-. The Bertz CT molecular complexity index is 594. The molecule has 0 saturated carbocycles. The molecule has 0 aromatic heterocycles. The van der Waals surface area contributed by atoms with Crippen LogP contribution in [-0.2, 0) is 16.1 Å². The van der Waals surface area contributed by atoms with Crippen molar-refractivity contribution in [2.24, 2.45) is 0 Å². The quantitative estimate of drug-likeness (QED) is 0.0886. The lowest BCUT2D eigenvalue weighted by atomic mass is 10.1. The van der Waals surface area contributed by atoms with Crippen LogP contribution in [0.2, 0.25) is 0 Å². The maximum Gasteiger partial charge on any atom is 0.305 e. The van der Waals surface area contributed by atoms with Crippen molar-refractivity contribution in [3.63, 3.8) is 0 Å². The Balaban J connectivity index is 1.90. The molecule has 0 heterocycles. The Hall–Kier alpha value is -1.61. The first-order valence-electron chi connectivity index (χ1n) is 13.2. The molecule has 0 saturated heterocycles. The van der Waals surface area contributed by atoms with Crippen molar-refractivity contribution in [3.05, 3.63) is 48.0 Å². The Morgan fingerprint density at radius 3 is 2.00 bits per heavy atom. The summed E-state index contributed by atoms with van der Waals surface area (Å²) in [6.45, 7) is 4.57. The Kier molecular flexibility index (Phi) is 16.8. The summed E-state index contributed by atoms with van der Waals surface area (Å²) in [5, 5.41) is 0. The van der Waals surface area contributed by atoms with Crippen molar-refractivity contribution in [2.45, 2.75) is 103 Å². The number of nitrogens with zero attached hydrogens (tertiary/aromatic N) is 1. The molecule has 1 rings (SSSR count). The predicted molar refractivity (Wildman–Crippen MR) is 138 cm³/mol. The van der Waals surface area contributed by atoms with Crippen LogP contribution in [0.25, 0.3) is 0 Å². The van der Waals surface area contributed by atoms with Crippen LogP contribution in [0.1, 0.15) is 102 Å². The molecule has 0 aliphatic rings. The summed E-state index contributed by atoms with van der Waals surface area (Å²) in [4.78, 5) is 12.0. The van der Waals surface area contributed by atoms with E-state index in [9.17, 15) is 4.79 Å². The van der Waals surface area contributed by atoms with Crippen LogP contribution < -0.4 is 0 Å². The molecule has 0 unspecified atom stereocenters. The molecule has 3 heteroatoms. The lowest BCUT2D eigenvalue weighted by Gasteiger charge is -2.29. The molecule has 0 aliphatic heterocycles. The minimum absolute atomic E-state index is 0.0395. The lowest BCUT2D eigenvalue weighted by Crippen LogP contribution is -2.41. The smallest absolute Gasteiger partial charge is 0.305 e. The molecule has 0 atom stereocenters. The highest BCUT2D eigenvalue weighted by Gasteiger charge is 2.16. The normalized spacial score (nSPS) is 11.8. The van der Waals surface area contributed by atoms with E-state index >= 15 is 0 Å². The van der Waals surface area contributed by atoms with E-state index < -0.39 is 0 Å². The lowest BCUT2D eigenvalue weighted by molar-refractivity contribution is -0.903. The summed E-state index contributed by atoms with van der Waals surface area (Å²) in [6, 6.07) is 10.5. The third kappa shape index (κ3) is 17.0. The van der Waals surface area contributed by atoms with Crippen molar-refractivity contribution in [2.75, 3.05) is 27.2 Å². The van der Waals surface area contributed by atoms with E-state index in [0.717, 1.165) is 30.4 Å². The van der Waals surface area contributed by atoms with Gasteiger partial charge in [0.15, 0.2) is 0 Å². The van der Waals surface area contributed by atoms with Gasteiger partial charge in [-0.3, -0.25) is 4.79 Å². The van der Waals surface area contributed by atoms with Crippen molar-refractivity contribution >= 4 is 5.97 Å². The average Bonchev–Trinajstić information content (AvgIpc) is 2.76. The molecule has 0 spiro atoms. The number of likely N-dealkylation sites (N-methyl/N-ethyl adjacent to an activating group) is 1. The maximum atomic E-state index is 12.0. The second-order valence-electron chi connectivity index (χ2n) is 9.86. The van der Waals surface area contributed by atoms with E-state index in [4.69, 9.17) is 4.74 Å². The van der Waals surface area contributed by atoms with Gasteiger partial charge in [0.25, 0.3) is 0 Å². The summed E-state index contributed by atoms with van der Waals surface area (Å²) in [7, 11) is 4.37. The zero-order valence-electron chi connectivity index (χ0n) is 21.3. The van der Waals surface area contributed by atoms with Gasteiger partial charge in [0.2, 0.25) is 0 Å². The van der Waals surface area contributed by atoms with Crippen LogP contribution in [0.4, 0.5) is 0 Å². The van der Waals surface area contributed by atoms with E-state index in [0.29, 0.717) is 13.0 Å².